The van der Waals surface area contributed by atoms with Gasteiger partial charge in [-0.15, -0.1) is 0 Å². The van der Waals surface area contributed by atoms with E-state index in [0.29, 0.717) is 43.1 Å². The van der Waals surface area contributed by atoms with Crippen LogP contribution in [0.2, 0.25) is 16.6 Å². The lowest BCUT2D eigenvalue weighted by Crippen LogP contribution is -2.48. The Morgan fingerprint density at radius 2 is 1.17 bits per heavy atom. The third-order valence-electron chi connectivity index (χ3n) is 5.43. The highest BCUT2D eigenvalue weighted by Gasteiger charge is 2.44. The van der Waals surface area contributed by atoms with Crippen LogP contribution in [0.1, 0.15) is 47.1 Å². The maximum Gasteiger partial charge on any atom is 0.297 e. The largest absolute Gasteiger partial charge is 0.414 e. The highest BCUT2D eigenvalue weighted by molar-refractivity contribution is 7.86. The first kappa shape index (κ1) is 27.3. The first-order valence-electron chi connectivity index (χ1n) is 10.8. The van der Waals surface area contributed by atoms with E-state index in [1.165, 1.54) is 12.1 Å². The summed E-state index contributed by atoms with van der Waals surface area (Å²) in [6, 6.07) is 6.56. The van der Waals surface area contributed by atoms with Crippen molar-refractivity contribution < 1.29 is 26.5 Å². The molecule has 174 valence electrons. The number of rotatable bonds is 15. The molecular weight excluding hydrogens is 420 g/mol. The third kappa shape index (κ3) is 8.05. The molecule has 0 aliphatic carbocycles. The molecule has 0 N–H and O–H groups in total. The molecule has 0 saturated carbocycles. The predicted molar refractivity (Wildman–Crippen MR) is 123 cm³/mol. The molecule has 0 saturated heterocycles. The smallest absolute Gasteiger partial charge is 0.297 e. The molecule has 8 heteroatoms. The molecule has 0 unspecified atom stereocenters. The van der Waals surface area contributed by atoms with E-state index < -0.39 is 18.4 Å². The quantitative estimate of drug-likeness (QED) is 0.210. The molecule has 1 rings (SSSR count). The molecular formula is C22H40O6SSi. The molecule has 0 spiro atoms. The molecule has 1 aromatic carbocycles. The van der Waals surface area contributed by atoms with Gasteiger partial charge in [0.25, 0.3) is 10.1 Å². The van der Waals surface area contributed by atoms with Gasteiger partial charge in [-0.05, 0) is 35.7 Å². The molecule has 1 aromatic rings. The molecule has 30 heavy (non-hydrogen) atoms. The number of benzene rings is 1. The fourth-order valence-electron chi connectivity index (χ4n) is 4.07. The summed E-state index contributed by atoms with van der Waals surface area (Å²) in [5.74, 6) is 0. The van der Waals surface area contributed by atoms with E-state index in [-0.39, 0.29) is 18.1 Å². The SMILES string of the molecule is Cc1ccc(S(=O)(=O)OCCOCCOCCO[Si](C(C)C)(C(C)C)C(C)C)cc1. The highest BCUT2D eigenvalue weighted by Crippen LogP contribution is 2.42. The van der Waals surface area contributed by atoms with Crippen molar-refractivity contribution in [1.29, 1.82) is 0 Å². The molecule has 0 radical (unpaired) electrons. The minimum absolute atomic E-state index is 0.0232. The zero-order chi connectivity index (χ0) is 22.8. The van der Waals surface area contributed by atoms with Crippen molar-refractivity contribution >= 4 is 18.4 Å². The van der Waals surface area contributed by atoms with Gasteiger partial charge < -0.3 is 13.9 Å². The van der Waals surface area contributed by atoms with Gasteiger partial charge in [0.2, 0.25) is 0 Å². The van der Waals surface area contributed by atoms with E-state index in [4.69, 9.17) is 18.1 Å². The molecule has 0 aromatic heterocycles. The van der Waals surface area contributed by atoms with Gasteiger partial charge in [0.05, 0.1) is 44.5 Å². The van der Waals surface area contributed by atoms with Gasteiger partial charge in [0, 0.05) is 0 Å². The number of hydrogen-bond acceptors (Lipinski definition) is 6. The van der Waals surface area contributed by atoms with Crippen LogP contribution >= 0.6 is 0 Å². The average molecular weight is 461 g/mol. The second kappa shape index (κ2) is 12.9. The van der Waals surface area contributed by atoms with Crippen LogP contribution < -0.4 is 0 Å². The number of hydrogen-bond donors (Lipinski definition) is 0. The van der Waals surface area contributed by atoms with E-state index in [1.54, 1.807) is 12.1 Å². The van der Waals surface area contributed by atoms with Crippen molar-refractivity contribution in [2.45, 2.75) is 70.0 Å². The van der Waals surface area contributed by atoms with E-state index in [2.05, 4.69) is 41.5 Å². The van der Waals surface area contributed by atoms with Crippen LogP contribution in [0.3, 0.4) is 0 Å². The lowest BCUT2D eigenvalue weighted by Gasteiger charge is -2.42. The van der Waals surface area contributed by atoms with E-state index in [0.717, 1.165) is 5.56 Å². The van der Waals surface area contributed by atoms with Crippen LogP contribution in [0.25, 0.3) is 0 Å². The zero-order valence-corrected chi connectivity index (χ0v) is 21.5. The first-order chi connectivity index (χ1) is 14.0. The summed E-state index contributed by atoms with van der Waals surface area (Å²) < 4.78 is 46.6. The van der Waals surface area contributed by atoms with Crippen molar-refractivity contribution in [2.24, 2.45) is 0 Å². The standard InChI is InChI=1S/C22H40O6SSi/c1-18(2)30(19(3)4,20(5)6)28-17-15-26-13-12-25-14-16-27-29(23,24)22-10-8-21(7)9-11-22/h8-11,18-20H,12-17H2,1-7H3. The summed E-state index contributed by atoms with van der Waals surface area (Å²) in [6.45, 7) is 17.6. The zero-order valence-electron chi connectivity index (χ0n) is 19.6. The summed E-state index contributed by atoms with van der Waals surface area (Å²) in [7, 11) is -5.59. The van der Waals surface area contributed by atoms with E-state index >= 15 is 0 Å². The maximum atomic E-state index is 12.1. The summed E-state index contributed by atoms with van der Waals surface area (Å²) in [4.78, 5) is 0.153. The molecule has 0 aliphatic rings. The predicted octanol–water partition coefficient (Wildman–Crippen LogP) is 4.93. The van der Waals surface area contributed by atoms with Gasteiger partial charge in [-0.25, -0.2) is 0 Å². The van der Waals surface area contributed by atoms with Crippen molar-refractivity contribution in [3.63, 3.8) is 0 Å². The first-order valence-corrected chi connectivity index (χ1v) is 14.3. The third-order valence-corrected chi connectivity index (χ3v) is 12.9. The Morgan fingerprint density at radius 3 is 1.63 bits per heavy atom. The summed E-state index contributed by atoms with van der Waals surface area (Å²) in [5.41, 5.74) is 2.65. The average Bonchev–Trinajstić information content (AvgIpc) is 2.65. The fourth-order valence-corrected chi connectivity index (χ4v) is 10.4. The fraction of sp³-hybridized carbons (Fsp3) is 0.727. The summed E-state index contributed by atoms with van der Waals surface area (Å²) in [6.07, 6.45) is 0. The van der Waals surface area contributed by atoms with Crippen LogP contribution in [0.4, 0.5) is 0 Å². The monoisotopic (exact) mass is 460 g/mol. The Balaban J connectivity index is 2.19. The van der Waals surface area contributed by atoms with E-state index in [1.807, 2.05) is 6.92 Å². The van der Waals surface area contributed by atoms with Crippen LogP contribution in [0.15, 0.2) is 29.2 Å². The highest BCUT2D eigenvalue weighted by atomic mass is 32.2. The molecule has 0 bridgehead atoms. The topological polar surface area (TPSA) is 71.1 Å². The molecule has 0 fully saturated rings. The van der Waals surface area contributed by atoms with Gasteiger partial charge in [-0.3, -0.25) is 4.18 Å². The second-order valence-corrected chi connectivity index (χ2v) is 15.6. The number of aryl methyl sites for hydroxylation is 1. The molecule has 0 aliphatic heterocycles. The van der Waals surface area contributed by atoms with Crippen LogP contribution in [-0.2, 0) is 28.2 Å². The van der Waals surface area contributed by atoms with Crippen molar-refractivity contribution in [2.75, 3.05) is 39.6 Å². The maximum absolute atomic E-state index is 12.1. The van der Waals surface area contributed by atoms with Crippen LogP contribution in [0.5, 0.6) is 0 Å². The summed E-state index contributed by atoms with van der Waals surface area (Å²) in [5, 5.41) is 0. The lowest BCUT2D eigenvalue weighted by molar-refractivity contribution is 0.0261. The Bertz CT molecular complexity index is 679. The Kier molecular flexibility index (Phi) is 11.8. The van der Waals surface area contributed by atoms with Crippen molar-refractivity contribution in [3.8, 4) is 0 Å². The molecule has 6 nitrogen and oxygen atoms in total. The van der Waals surface area contributed by atoms with Gasteiger partial charge in [0.1, 0.15) is 0 Å². The lowest BCUT2D eigenvalue weighted by atomic mass is 10.2. The molecule has 0 heterocycles. The van der Waals surface area contributed by atoms with Crippen LogP contribution in [-0.4, -0.2) is 56.4 Å². The minimum atomic E-state index is -3.74. The van der Waals surface area contributed by atoms with Gasteiger partial charge in [-0.2, -0.15) is 8.42 Å². The molecule has 0 atom stereocenters. The minimum Gasteiger partial charge on any atom is -0.414 e. The normalized spacial score (nSPS) is 13.0. The van der Waals surface area contributed by atoms with E-state index in [9.17, 15) is 8.42 Å². The summed E-state index contributed by atoms with van der Waals surface area (Å²) >= 11 is 0. The van der Waals surface area contributed by atoms with Crippen molar-refractivity contribution in [3.05, 3.63) is 29.8 Å². The Labute approximate surface area is 184 Å². The van der Waals surface area contributed by atoms with Gasteiger partial charge in [0.15, 0.2) is 8.32 Å². The van der Waals surface area contributed by atoms with Crippen molar-refractivity contribution in [1.82, 2.24) is 0 Å². The van der Waals surface area contributed by atoms with Crippen LogP contribution in [0, 0.1) is 6.92 Å². The Morgan fingerprint density at radius 1 is 0.733 bits per heavy atom. The number of ether oxygens (including phenoxy) is 2. The van der Waals surface area contributed by atoms with Gasteiger partial charge in [-0.1, -0.05) is 59.2 Å². The molecule has 0 amide bonds. The van der Waals surface area contributed by atoms with Gasteiger partial charge >= 0.3 is 0 Å². The Hall–Kier alpha value is -0.773. The second-order valence-electron chi connectivity index (χ2n) is 8.48.